The number of nitrogens with one attached hydrogen (secondary N) is 1. The molecule has 4 rings (SSSR count). The van der Waals surface area contributed by atoms with Crippen LogP contribution in [0.25, 0.3) is 11.6 Å². The molecule has 0 amide bonds. The van der Waals surface area contributed by atoms with Crippen molar-refractivity contribution in [2.75, 3.05) is 0 Å². The Morgan fingerprint density at radius 2 is 2.21 bits per heavy atom. The predicted octanol–water partition coefficient (Wildman–Crippen LogP) is 4.07. The van der Waals surface area contributed by atoms with E-state index in [9.17, 15) is 4.91 Å². The summed E-state index contributed by atoms with van der Waals surface area (Å²) < 4.78 is 0. The van der Waals surface area contributed by atoms with E-state index in [0.29, 0.717) is 5.69 Å². The van der Waals surface area contributed by atoms with Crippen molar-refractivity contribution < 1.29 is 0 Å². The Labute approximate surface area is 139 Å². The zero-order chi connectivity index (χ0) is 16.5. The highest BCUT2D eigenvalue weighted by molar-refractivity contribution is 5.88. The number of aromatic nitrogens is 3. The van der Waals surface area contributed by atoms with Crippen LogP contribution in [0.4, 0.5) is 0 Å². The highest BCUT2D eigenvalue weighted by Crippen LogP contribution is 2.39. The van der Waals surface area contributed by atoms with Crippen LogP contribution in [-0.2, 0) is 6.42 Å². The highest BCUT2D eigenvalue weighted by Gasteiger charge is 2.25. The van der Waals surface area contributed by atoms with E-state index >= 15 is 0 Å². The summed E-state index contributed by atoms with van der Waals surface area (Å²) in [6, 6.07) is 9.62. The van der Waals surface area contributed by atoms with E-state index in [0.717, 1.165) is 39.9 Å². The molecule has 1 aromatic carbocycles. The fourth-order valence-electron chi connectivity index (χ4n) is 3.19. The van der Waals surface area contributed by atoms with Crippen molar-refractivity contribution >= 4 is 11.6 Å². The van der Waals surface area contributed by atoms with Gasteiger partial charge < -0.3 is 4.98 Å². The molecule has 1 aliphatic carbocycles. The second-order valence-electron chi connectivity index (χ2n) is 5.99. The number of fused-ring (bicyclic) bond motifs is 2. The number of aromatic amines is 1. The molecule has 0 saturated carbocycles. The van der Waals surface area contributed by atoms with Gasteiger partial charge in [0, 0.05) is 12.6 Å². The summed E-state index contributed by atoms with van der Waals surface area (Å²) >= 11 is 0. The van der Waals surface area contributed by atoms with Crippen molar-refractivity contribution in [3.05, 3.63) is 87.6 Å². The standard InChI is InChI=1S/C19H16N4O/c1-12-4-5-13-9-17-14(3-2-6-21-17)8-16(15(13)7-12)19(23-24)18-10-20-11-22-18/h2-8,10-11,19H,9H2,1H3,(H,20,22). The minimum absolute atomic E-state index is 0.626. The van der Waals surface area contributed by atoms with Crippen LogP contribution in [0.1, 0.15) is 39.7 Å². The summed E-state index contributed by atoms with van der Waals surface area (Å²) in [6.07, 6.45) is 7.78. The smallest absolute Gasteiger partial charge is 0.159 e. The van der Waals surface area contributed by atoms with Crippen molar-refractivity contribution in [2.24, 2.45) is 5.18 Å². The Morgan fingerprint density at radius 3 is 3.00 bits per heavy atom. The van der Waals surface area contributed by atoms with Gasteiger partial charge in [0.15, 0.2) is 6.04 Å². The highest BCUT2D eigenvalue weighted by atomic mass is 16.3. The molecule has 2 aromatic heterocycles. The second-order valence-corrected chi connectivity index (χ2v) is 5.99. The fraction of sp³-hybridized carbons (Fsp3) is 0.158. The van der Waals surface area contributed by atoms with Crippen molar-refractivity contribution in [1.29, 1.82) is 0 Å². The van der Waals surface area contributed by atoms with Crippen LogP contribution in [0.15, 0.2) is 54.2 Å². The number of benzene rings is 1. The number of pyridine rings is 1. The molecule has 0 aliphatic heterocycles. The molecule has 0 spiro atoms. The molecule has 0 saturated heterocycles. The molecule has 0 fully saturated rings. The van der Waals surface area contributed by atoms with Crippen LogP contribution < -0.4 is 0 Å². The van der Waals surface area contributed by atoms with Crippen LogP contribution >= 0.6 is 0 Å². The van der Waals surface area contributed by atoms with E-state index < -0.39 is 6.04 Å². The third-order valence-corrected chi connectivity index (χ3v) is 4.38. The summed E-state index contributed by atoms with van der Waals surface area (Å²) in [5, 5.41) is 3.39. The SMILES string of the molecule is Cc1ccc2c(c1)C(C(N=O)c1cnc[nH]1)=Cc1cccnc1C2. The van der Waals surface area contributed by atoms with Crippen molar-refractivity contribution in [2.45, 2.75) is 19.4 Å². The third-order valence-electron chi connectivity index (χ3n) is 4.38. The number of imidazole rings is 1. The van der Waals surface area contributed by atoms with Crippen LogP contribution in [0.5, 0.6) is 0 Å². The van der Waals surface area contributed by atoms with Gasteiger partial charge in [-0.15, -0.1) is 4.91 Å². The van der Waals surface area contributed by atoms with Gasteiger partial charge in [-0.05, 0) is 41.3 Å². The van der Waals surface area contributed by atoms with Gasteiger partial charge in [0.25, 0.3) is 0 Å². The Kier molecular flexibility index (Phi) is 3.54. The van der Waals surface area contributed by atoms with Crippen molar-refractivity contribution in [1.82, 2.24) is 15.0 Å². The molecular weight excluding hydrogens is 300 g/mol. The zero-order valence-electron chi connectivity index (χ0n) is 13.2. The third kappa shape index (κ3) is 2.44. The Morgan fingerprint density at radius 1 is 1.29 bits per heavy atom. The lowest BCUT2D eigenvalue weighted by molar-refractivity contribution is 0.886. The number of H-pyrrole nitrogens is 1. The zero-order valence-corrected chi connectivity index (χ0v) is 13.2. The Bertz CT molecular complexity index is 928. The largest absolute Gasteiger partial charge is 0.346 e. The molecule has 5 nitrogen and oxygen atoms in total. The monoisotopic (exact) mass is 316 g/mol. The molecule has 1 N–H and O–H groups in total. The van der Waals surface area contributed by atoms with Gasteiger partial charge in [-0.1, -0.05) is 35.0 Å². The lowest BCUT2D eigenvalue weighted by Gasteiger charge is -2.15. The minimum Gasteiger partial charge on any atom is -0.346 e. The first-order chi connectivity index (χ1) is 11.8. The number of nitrogens with zero attached hydrogens (tertiary/aromatic N) is 3. The van der Waals surface area contributed by atoms with Crippen LogP contribution in [0.3, 0.4) is 0 Å². The van der Waals surface area contributed by atoms with Gasteiger partial charge in [0.2, 0.25) is 0 Å². The van der Waals surface area contributed by atoms with E-state index in [4.69, 9.17) is 0 Å². The molecule has 0 bridgehead atoms. The molecular formula is C19H16N4O. The van der Waals surface area contributed by atoms with Gasteiger partial charge in [-0.3, -0.25) is 4.98 Å². The number of hydrogen-bond donors (Lipinski definition) is 1. The first kappa shape index (κ1) is 14.5. The molecule has 5 heteroatoms. The normalized spacial score (nSPS) is 14.1. The van der Waals surface area contributed by atoms with Gasteiger partial charge >= 0.3 is 0 Å². The summed E-state index contributed by atoms with van der Waals surface area (Å²) in [5.74, 6) is 0. The topological polar surface area (TPSA) is 71.0 Å². The lowest BCUT2D eigenvalue weighted by atomic mass is 9.91. The summed E-state index contributed by atoms with van der Waals surface area (Å²) in [6.45, 7) is 2.05. The van der Waals surface area contributed by atoms with Crippen LogP contribution in [-0.4, -0.2) is 15.0 Å². The second kappa shape index (κ2) is 5.85. The van der Waals surface area contributed by atoms with E-state index in [1.165, 1.54) is 0 Å². The quantitative estimate of drug-likeness (QED) is 0.740. The van der Waals surface area contributed by atoms with Gasteiger partial charge in [-0.2, -0.15) is 0 Å². The number of rotatable bonds is 3. The fourth-order valence-corrected chi connectivity index (χ4v) is 3.19. The van der Waals surface area contributed by atoms with Crippen LogP contribution in [0.2, 0.25) is 0 Å². The van der Waals surface area contributed by atoms with Crippen molar-refractivity contribution in [3.8, 4) is 0 Å². The molecule has 24 heavy (non-hydrogen) atoms. The number of aryl methyl sites for hydroxylation is 1. The van der Waals surface area contributed by atoms with Crippen molar-refractivity contribution in [3.63, 3.8) is 0 Å². The average molecular weight is 316 g/mol. The maximum Gasteiger partial charge on any atom is 0.159 e. The summed E-state index contributed by atoms with van der Waals surface area (Å²) in [5.41, 5.74) is 6.94. The molecule has 0 radical (unpaired) electrons. The summed E-state index contributed by atoms with van der Waals surface area (Å²) in [7, 11) is 0. The number of nitroso groups, excluding NO2 is 1. The maximum absolute atomic E-state index is 11.7. The maximum atomic E-state index is 11.7. The molecule has 118 valence electrons. The number of hydrogen-bond acceptors (Lipinski definition) is 4. The Hall–Kier alpha value is -3.08. The van der Waals surface area contributed by atoms with Gasteiger partial charge in [0.05, 0.1) is 23.9 Å². The van der Waals surface area contributed by atoms with Gasteiger partial charge in [0.1, 0.15) is 0 Å². The molecule has 2 heterocycles. The first-order valence-electron chi connectivity index (χ1n) is 7.82. The molecule has 3 aromatic rings. The average Bonchev–Trinajstić information content (AvgIpc) is 3.06. The molecule has 1 atom stereocenters. The predicted molar refractivity (Wildman–Crippen MR) is 93.2 cm³/mol. The van der Waals surface area contributed by atoms with E-state index in [2.05, 4.69) is 38.3 Å². The lowest BCUT2D eigenvalue weighted by Crippen LogP contribution is -2.02. The molecule has 1 unspecified atom stereocenters. The van der Waals surface area contributed by atoms with E-state index in [1.54, 1.807) is 18.7 Å². The van der Waals surface area contributed by atoms with E-state index in [-0.39, 0.29) is 0 Å². The van der Waals surface area contributed by atoms with E-state index in [1.807, 2.05) is 25.1 Å². The van der Waals surface area contributed by atoms with Gasteiger partial charge in [-0.25, -0.2) is 4.98 Å². The molecule has 1 aliphatic rings. The Balaban J connectivity index is 1.97. The minimum atomic E-state index is -0.626. The van der Waals surface area contributed by atoms with Crippen LogP contribution in [0, 0.1) is 11.8 Å². The first-order valence-corrected chi connectivity index (χ1v) is 7.82. The summed E-state index contributed by atoms with van der Waals surface area (Å²) in [4.78, 5) is 23.2.